The van der Waals surface area contributed by atoms with Gasteiger partial charge in [-0.3, -0.25) is 4.79 Å². The first-order chi connectivity index (χ1) is 9.88. The second-order valence-corrected chi connectivity index (χ2v) is 7.34. The molecule has 4 N–H and O–H groups in total. The van der Waals surface area contributed by atoms with Crippen molar-refractivity contribution in [1.82, 2.24) is 5.32 Å². The summed E-state index contributed by atoms with van der Waals surface area (Å²) >= 11 is 1.27. The van der Waals surface area contributed by atoms with Crippen LogP contribution in [0.5, 0.6) is 0 Å². The molecule has 1 fully saturated rings. The van der Waals surface area contributed by atoms with E-state index in [1.807, 2.05) is 0 Å². The van der Waals surface area contributed by atoms with Crippen LogP contribution >= 0.6 is 11.3 Å². The molecular formula is C15H22N4OS. The molecule has 1 aromatic rings. The minimum Gasteiger partial charge on any atom is -0.396 e. The van der Waals surface area contributed by atoms with Crippen molar-refractivity contribution in [3.8, 4) is 6.07 Å². The van der Waals surface area contributed by atoms with Gasteiger partial charge in [-0.15, -0.1) is 11.3 Å². The number of carbonyl (C=O) groups is 1. The Labute approximate surface area is 129 Å². The molecule has 0 atom stereocenters. The molecule has 1 aliphatic carbocycles. The largest absolute Gasteiger partial charge is 0.396 e. The van der Waals surface area contributed by atoms with E-state index in [4.69, 9.17) is 5.73 Å². The van der Waals surface area contributed by atoms with Crippen LogP contribution in [0.25, 0.3) is 0 Å². The molecule has 0 aromatic carbocycles. The van der Waals surface area contributed by atoms with Gasteiger partial charge in [-0.1, -0.05) is 13.8 Å². The van der Waals surface area contributed by atoms with E-state index in [2.05, 4.69) is 30.6 Å². The van der Waals surface area contributed by atoms with Crippen molar-refractivity contribution >= 4 is 27.9 Å². The van der Waals surface area contributed by atoms with Gasteiger partial charge in [0.2, 0.25) is 0 Å². The molecule has 0 spiro atoms. The standard InChI is InChI=1S/C15H22N4OS/c1-15(2)6-4-9(5-7-15)19-14-10(8-16)11(17)12(21-14)13(20)18-3/h9,19H,4-7,17H2,1-3H3,(H,18,20). The highest BCUT2D eigenvalue weighted by Gasteiger charge is 2.28. The molecule has 0 bridgehead atoms. The summed E-state index contributed by atoms with van der Waals surface area (Å²) < 4.78 is 0. The summed E-state index contributed by atoms with van der Waals surface area (Å²) in [6.45, 7) is 4.58. The molecule has 1 heterocycles. The predicted molar refractivity (Wildman–Crippen MR) is 86.5 cm³/mol. The van der Waals surface area contributed by atoms with Crippen LogP contribution in [-0.2, 0) is 0 Å². The summed E-state index contributed by atoms with van der Waals surface area (Å²) in [5.41, 5.74) is 7.00. The van der Waals surface area contributed by atoms with Gasteiger partial charge in [-0.05, 0) is 31.1 Å². The summed E-state index contributed by atoms with van der Waals surface area (Å²) in [5, 5.41) is 16.0. The maximum absolute atomic E-state index is 11.8. The first kappa shape index (κ1) is 15.6. The first-order valence-electron chi connectivity index (χ1n) is 7.19. The lowest BCUT2D eigenvalue weighted by atomic mass is 9.75. The van der Waals surface area contributed by atoms with E-state index in [0.717, 1.165) is 30.7 Å². The molecule has 1 saturated carbocycles. The van der Waals surface area contributed by atoms with Crippen LogP contribution in [-0.4, -0.2) is 19.0 Å². The molecule has 114 valence electrons. The third kappa shape index (κ3) is 3.30. The van der Waals surface area contributed by atoms with Crippen LogP contribution in [0.1, 0.15) is 54.8 Å². The third-order valence-electron chi connectivity index (χ3n) is 4.16. The Hall–Kier alpha value is -1.74. The van der Waals surface area contributed by atoms with E-state index < -0.39 is 0 Å². The fourth-order valence-corrected chi connectivity index (χ4v) is 3.76. The van der Waals surface area contributed by atoms with Gasteiger partial charge >= 0.3 is 0 Å². The van der Waals surface area contributed by atoms with Gasteiger partial charge < -0.3 is 16.4 Å². The van der Waals surface area contributed by atoms with Crippen molar-refractivity contribution in [1.29, 1.82) is 5.26 Å². The number of rotatable bonds is 3. The van der Waals surface area contributed by atoms with E-state index in [-0.39, 0.29) is 11.6 Å². The lowest BCUT2D eigenvalue weighted by molar-refractivity contribution is 0.0968. The van der Waals surface area contributed by atoms with Gasteiger partial charge in [0.25, 0.3) is 5.91 Å². The highest BCUT2D eigenvalue weighted by Crippen LogP contribution is 2.39. The molecule has 1 amide bonds. The molecule has 6 heteroatoms. The van der Waals surface area contributed by atoms with Crippen LogP contribution < -0.4 is 16.4 Å². The zero-order chi connectivity index (χ0) is 15.6. The number of hydrogen-bond acceptors (Lipinski definition) is 5. The number of nitriles is 1. The molecule has 0 unspecified atom stereocenters. The monoisotopic (exact) mass is 306 g/mol. The minimum atomic E-state index is -0.244. The summed E-state index contributed by atoms with van der Waals surface area (Å²) in [6, 6.07) is 2.46. The second-order valence-electron chi connectivity index (χ2n) is 6.32. The van der Waals surface area contributed by atoms with Gasteiger partial charge in [-0.2, -0.15) is 5.26 Å². The van der Waals surface area contributed by atoms with E-state index in [1.54, 1.807) is 7.05 Å². The van der Waals surface area contributed by atoms with Crippen LogP contribution in [0.3, 0.4) is 0 Å². The van der Waals surface area contributed by atoms with Crippen LogP contribution in [0.15, 0.2) is 0 Å². The number of amides is 1. The van der Waals surface area contributed by atoms with E-state index in [9.17, 15) is 10.1 Å². The van der Waals surface area contributed by atoms with Crippen molar-refractivity contribution in [3.63, 3.8) is 0 Å². The van der Waals surface area contributed by atoms with Crippen LogP contribution in [0.4, 0.5) is 10.7 Å². The van der Waals surface area contributed by atoms with Crippen molar-refractivity contribution in [2.75, 3.05) is 18.1 Å². The summed E-state index contributed by atoms with van der Waals surface area (Å²) in [5.74, 6) is -0.244. The average molecular weight is 306 g/mol. The molecule has 2 rings (SSSR count). The Morgan fingerprint density at radius 3 is 2.57 bits per heavy atom. The van der Waals surface area contributed by atoms with E-state index >= 15 is 0 Å². The third-order valence-corrected chi connectivity index (χ3v) is 5.30. The zero-order valence-corrected chi connectivity index (χ0v) is 13.6. The normalized spacial score (nSPS) is 18.0. The number of carbonyl (C=O) groups excluding carboxylic acids is 1. The quantitative estimate of drug-likeness (QED) is 0.800. The Morgan fingerprint density at radius 1 is 1.43 bits per heavy atom. The van der Waals surface area contributed by atoms with Crippen molar-refractivity contribution in [2.24, 2.45) is 5.41 Å². The highest BCUT2D eigenvalue weighted by atomic mass is 32.1. The molecular weight excluding hydrogens is 284 g/mol. The SMILES string of the molecule is CNC(=O)c1sc(NC2CCC(C)(C)CC2)c(C#N)c1N. The van der Waals surface area contributed by atoms with Crippen molar-refractivity contribution in [3.05, 3.63) is 10.4 Å². The van der Waals surface area contributed by atoms with Crippen molar-refractivity contribution in [2.45, 2.75) is 45.6 Å². The van der Waals surface area contributed by atoms with E-state index in [0.29, 0.717) is 21.9 Å². The van der Waals surface area contributed by atoms with E-state index in [1.165, 1.54) is 11.3 Å². The fraction of sp³-hybridized carbons (Fsp3) is 0.600. The van der Waals surface area contributed by atoms with Crippen LogP contribution in [0, 0.1) is 16.7 Å². The maximum atomic E-state index is 11.8. The van der Waals surface area contributed by atoms with Gasteiger partial charge in [0.1, 0.15) is 21.5 Å². The lowest BCUT2D eigenvalue weighted by Gasteiger charge is -2.34. The summed E-state index contributed by atoms with van der Waals surface area (Å²) in [7, 11) is 1.56. The Balaban J connectivity index is 2.17. The van der Waals surface area contributed by atoms with Crippen molar-refractivity contribution < 1.29 is 4.79 Å². The number of nitrogen functional groups attached to an aromatic ring is 1. The molecule has 0 saturated heterocycles. The number of nitrogens with two attached hydrogens (primary N) is 1. The first-order valence-corrected chi connectivity index (χ1v) is 8.00. The smallest absolute Gasteiger partial charge is 0.263 e. The topological polar surface area (TPSA) is 90.9 Å². The summed E-state index contributed by atoms with van der Waals surface area (Å²) in [4.78, 5) is 12.2. The number of hydrogen-bond donors (Lipinski definition) is 3. The molecule has 1 aromatic heterocycles. The Kier molecular flexibility index (Phi) is 4.43. The minimum absolute atomic E-state index is 0.244. The number of nitrogens with one attached hydrogen (secondary N) is 2. The molecule has 1 aliphatic rings. The molecule has 0 aliphatic heterocycles. The molecule has 21 heavy (non-hydrogen) atoms. The maximum Gasteiger partial charge on any atom is 0.263 e. The van der Waals surface area contributed by atoms with Gasteiger partial charge in [0, 0.05) is 13.1 Å². The van der Waals surface area contributed by atoms with Gasteiger partial charge in [0.15, 0.2) is 0 Å². The predicted octanol–water partition coefficient (Wildman–Crippen LogP) is 2.94. The zero-order valence-electron chi connectivity index (χ0n) is 12.7. The lowest BCUT2D eigenvalue weighted by Crippen LogP contribution is -2.29. The van der Waals surface area contributed by atoms with Gasteiger partial charge in [-0.25, -0.2) is 0 Å². The fourth-order valence-electron chi connectivity index (χ4n) is 2.67. The number of anilines is 2. The summed E-state index contributed by atoms with van der Waals surface area (Å²) in [6.07, 6.45) is 4.47. The highest BCUT2D eigenvalue weighted by molar-refractivity contribution is 7.18. The second kappa shape index (κ2) is 5.94. The van der Waals surface area contributed by atoms with Crippen LogP contribution in [0.2, 0.25) is 0 Å². The Morgan fingerprint density at radius 2 is 2.05 bits per heavy atom. The molecule has 0 radical (unpaired) electrons. The number of nitrogens with zero attached hydrogens (tertiary/aromatic N) is 1. The number of thiophene rings is 1. The Bertz CT molecular complexity index is 575. The molecule has 5 nitrogen and oxygen atoms in total. The van der Waals surface area contributed by atoms with Gasteiger partial charge in [0.05, 0.1) is 5.69 Å². The average Bonchev–Trinajstić information content (AvgIpc) is 2.76.